The Morgan fingerprint density at radius 3 is 1.75 bits per heavy atom. The van der Waals surface area contributed by atoms with Crippen LogP contribution in [0.15, 0.2) is 71.3 Å². The Hall–Kier alpha value is -2.13. The molecule has 3 rings (SSSR count). The van der Waals surface area contributed by atoms with Crippen molar-refractivity contribution in [3.05, 3.63) is 72.4 Å². The number of hydrogen-bond donors (Lipinski definition) is 0. The number of aromatic nitrogens is 1. The Morgan fingerprint density at radius 2 is 1.35 bits per heavy atom. The summed E-state index contributed by atoms with van der Waals surface area (Å²) in [6, 6.07) is 23.3. The lowest BCUT2D eigenvalue weighted by Gasteiger charge is -2.25. The van der Waals surface area contributed by atoms with Gasteiger partial charge in [0.1, 0.15) is 5.38 Å². The standard InChI is InChI=1S/C17H17NOSi/c1-14-13-17(19-18-14)20(2,15-9-5-3-6-10-15)16-11-7-4-8-12-16/h3-13H,1-2H3. The Labute approximate surface area is 120 Å². The van der Waals surface area contributed by atoms with Crippen LogP contribution in [0.4, 0.5) is 0 Å². The lowest BCUT2D eigenvalue weighted by Crippen LogP contribution is -2.64. The molecule has 0 amide bonds. The predicted octanol–water partition coefficient (Wildman–Crippen LogP) is 2.08. The Morgan fingerprint density at radius 1 is 0.850 bits per heavy atom. The summed E-state index contributed by atoms with van der Waals surface area (Å²) in [5.74, 6) is 0. The van der Waals surface area contributed by atoms with Crippen LogP contribution in [0.1, 0.15) is 5.69 Å². The first kappa shape index (κ1) is 12.9. The Bertz CT molecular complexity index is 652. The van der Waals surface area contributed by atoms with Gasteiger partial charge in [-0.1, -0.05) is 72.4 Å². The molecular formula is C17H17NOSi. The molecule has 20 heavy (non-hydrogen) atoms. The van der Waals surface area contributed by atoms with E-state index in [4.69, 9.17) is 4.52 Å². The van der Waals surface area contributed by atoms with Crippen LogP contribution < -0.4 is 15.8 Å². The van der Waals surface area contributed by atoms with E-state index in [2.05, 4.69) is 78.4 Å². The molecule has 3 aromatic rings. The molecule has 0 saturated carbocycles. The average Bonchev–Trinajstić information content (AvgIpc) is 2.95. The van der Waals surface area contributed by atoms with E-state index in [1.54, 1.807) is 0 Å². The average molecular weight is 279 g/mol. The minimum absolute atomic E-state index is 0.936. The highest BCUT2D eigenvalue weighted by molar-refractivity contribution is 7.10. The van der Waals surface area contributed by atoms with Gasteiger partial charge in [0.05, 0.1) is 5.69 Å². The van der Waals surface area contributed by atoms with E-state index < -0.39 is 8.07 Å². The van der Waals surface area contributed by atoms with E-state index in [9.17, 15) is 0 Å². The quantitative estimate of drug-likeness (QED) is 0.686. The molecule has 0 radical (unpaired) electrons. The third kappa shape index (κ3) is 2.10. The summed E-state index contributed by atoms with van der Waals surface area (Å²) in [4.78, 5) is 0. The van der Waals surface area contributed by atoms with Crippen LogP contribution in [0.2, 0.25) is 6.55 Å². The topological polar surface area (TPSA) is 26.0 Å². The van der Waals surface area contributed by atoms with Crippen molar-refractivity contribution in [2.75, 3.05) is 0 Å². The molecule has 0 saturated heterocycles. The molecule has 0 unspecified atom stereocenters. The zero-order valence-corrected chi connectivity index (χ0v) is 12.7. The summed E-state index contributed by atoms with van der Waals surface area (Å²) < 4.78 is 5.65. The maximum atomic E-state index is 5.65. The minimum atomic E-state index is -2.09. The van der Waals surface area contributed by atoms with E-state index in [-0.39, 0.29) is 0 Å². The SMILES string of the molecule is Cc1cc([Si](C)(c2ccccc2)c2ccccc2)on1. The highest BCUT2D eigenvalue weighted by atomic mass is 28.3. The molecule has 0 aliphatic carbocycles. The summed E-state index contributed by atoms with van der Waals surface area (Å²) in [6.45, 7) is 4.29. The van der Waals surface area contributed by atoms with Crippen molar-refractivity contribution < 1.29 is 4.52 Å². The maximum absolute atomic E-state index is 5.65. The fourth-order valence-corrected chi connectivity index (χ4v) is 5.94. The number of aryl methyl sites for hydroxylation is 1. The number of benzene rings is 2. The number of rotatable bonds is 3. The van der Waals surface area contributed by atoms with Crippen LogP contribution in [0.25, 0.3) is 0 Å². The lowest BCUT2D eigenvalue weighted by atomic mass is 10.4. The van der Waals surface area contributed by atoms with Crippen molar-refractivity contribution in [1.82, 2.24) is 5.16 Å². The monoisotopic (exact) mass is 279 g/mol. The second-order valence-electron chi connectivity index (χ2n) is 5.19. The van der Waals surface area contributed by atoms with Crippen molar-refractivity contribution in [2.45, 2.75) is 13.5 Å². The van der Waals surface area contributed by atoms with Gasteiger partial charge in [-0.15, -0.1) is 0 Å². The molecule has 0 aliphatic heterocycles. The number of hydrogen-bond acceptors (Lipinski definition) is 2. The first-order chi connectivity index (χ1) is 9.71. The zero-order chi connectivity index (χ0) is 14.0. The largest absolute Gasteiger partial charge is 0.366 e. The van der Waals surface area contributed by atoms with Gasteiger partial charge in [0.2, 0.25) is 0 Å². The van der Waals surface area contributed by atoms with Gasteiger partial charge in [0.15, 0.2) is 8.07 Å². The second kappa shape index (κ2) is 5.10. The molecule has 2 nitrogen and oxygen atoms in total. The molecule has 0 spiro atoms. The van der Waals surface area contributed by atoms with Crippen molar-refractivity contribution >= 4 is 23.8 Å². The fourth-order valence-electron chi connectivity index (χ4n) is 2.59. The molecule has 0 aliphatic rings. The fraction of sp³-hybridized carbons (Fsp3) is 0.118. The van der Waals surface area contributed by atoms with Gasteiger partial charge in [0, 0.05) is 0 Å². The van der Waals surface area contributed by atoms with Gasteiger partial charge in [-0.2, -0.15) is 0 Å². The van der Waals surface area contributed by atoms with Crippen LogP contribution in [0, 0.1) is 6.92 Å². The van der Waals surface area contributed by atoms with Crippen LogP contribution in [-0.2, 0) is 0 Å². The van der Waals surface area contributed by atoms with Crippen molar-refractivity contribution in [3.63, 3.8) is 0 Å². The smallest absolute Gasteiger partial charge is 0.193 e. The predicted molar refractivity (Wildman–Crippen MR) is 84.6 cm³/mol. The summed E-state index contributed by atoms with van der Waals surface area (Å²) >= 11 is 0. The van der Waals surface area contributed by atoms with Crippen molar-refractivity contribution in [3.8, 4) is 0 Å². The Kier molecular flexibility index (Phi) is 3.28. The van der Waals surface area contributed by atoms with Crippen molar-refractivity contribution in [1.29, 1.82) is 0 Å². The first-order valence-electron chi connectivity index (χ1n) is 6.76. The molecule has 1 heterocycles. The number of nitrogens with zero attached hydrogens (tertiary/aromatic N) is 1. The van der Waals surface area contributed by atoms with E-state index in [0.717, 1.165) is 11.1 Å². The zero-order valence-electron chi connectivity index (χ0n) is 11.7. The van der Waals surface area contributed by atoms with Crippen LogP contribution in [0.5, 0.6) is 0 Å². The summed E-state index contributed by atoms with van der Waals surface area (Å²) in [7, 11) is -2.09. The van der Waals surface area contributed by atoms with Gasteiger partial charge in [-0.25, -0.2) is 0 Å². The van der Waals surface area contributed by atoms with Crippen LogP contribution in [-0.4, -0.2) is 13.2 Å². The molecule has 0 fully saturated rings. The van der Waals surface area contributed by atoms with E-state index in [0.29, 0.717) is 0 Å². The molecule has 0 atom stereocenters. The first-order valence-corrected chi connectivity index (χ1v) is 9.26. The van der Waals surface area contributed by atoms with E-state index in [1.165, 1.54) is 10.4 Å². The molecule has 3 heteroatoms. The summed E-state index contributed by atoms with van der Waals surface area (Å²) in [5, 5.41) is 7.77. The van der Waals surface area contributed by atoms with Gasteiger partial charge >= 0.3 is 0 Å². The van der Waals surface area contributed by atoms with Crippen LogP contribution >= 0.6 is 0 Å². The van der Waals surface area contributed by atoms with Gasteiger partial charge in [-0.3, -0.25) is 0 Å². The summed E-state index contributed by atoms with van der Waals surface area (Å²) in [5.41, 5.74) is 0.936. The van der Waals surface area contributed by atoms with Crippen molar-refractivity contribution in [2.24, 2.45) is 0 Å². The van der Waals surface area contributed by atoms with Crippen LogP contribution in [0.3, 0.4) is 0 Å². The molecule has 100 valence electrons. The summed E-state index contributed by atoms with van der Waals surface area (Å²) in [6.07, 6.45) is 0. The highest BCUT2D eigenvalue weighted by Crippen LogP contribution is 2.07. The molecule has 0 bridgehead atoms. The highest BCUT2D eigenvalue weighted by Gasteiger charge is 2.38. The van der Waals surface area contributed by atoms with Gasteiger partial charge in [0.25, 0.3) is 0 Å². The molecule has 2 aromatic carbocycles. The van der Waals surface area contributed by atoms with E-state index >= 15 is 0 Å². The third-order valence-corrected chi connectivity index (χ3v) is 8.02. The third-order valence-electron chi connectivity index (χ3n) is 3.82. The minimum Gasteiger partial charge on any atom is -0.366 e. The Balaban J connectivity index is 2.23. The lowest BCUT2D eigenvalue weighted by molar-refractivity contribution is 0.438. The van der Waals surface area contributed by atoms with E-state index in [1.807, 2.05) is 6.92 Å². The maximum Gasteiger partial charge on any atom is 0.193 e. The van der Waals surface area contributed by atoms with Gasteiger partial charge in [-0.05, 0) is 23.4 Å². The second-order valence-corrected chi connectivity index (χ2v) is 9.09. The van der Waals surface area contributed by atoms with Gasteiger partial charge < -0.3 is 4.52 Å². The normalized spacial score (nSPS) is 11.5. The molecule has 1 aromatic heterocycles. The molecular weight excluding hydrogens is 262 g/mol. The molecule has 0 N–H and O–H groups in total.